The third-order valence-electron chi connectivity index (χ3n) is 3.06. The van der Waals surface area contributed by atoms with Gasteiger partial charge in [-0.25, -0.2) is 9.67 Å². The van der Waals surface area contributed by atoms with Gasteiger partial charge in [-0.2, -0.15) is 5.10 Å². The molecular weight excluding hydrogens is 320 g/mol. The summed E-state index contributed by atoms with van der Waals surface area (Å²) in [6.07, 6.45) is 3.77. The van der Waals surface area contributed by atoms with Crippen molar-refractivity contribution in [3.63, 3.8) is 0 Å². The van der Waals surface area contributed by atoms with Crippen molar-refractivity contribution in [2.24, 2.45) is 0 Å². The molecule has 0 spiro atoms. The van der Waals surface area contributed by atoms with Crippen LogP contribution in [0.4, 0.5) is 0 Å². The van der Waals surface area contributed by atoms with Crippen molar-refractivity contribution >= 4 is 21.8 Å². The molecule has 1 heterocycles. The van der Waals surface area contributed by atoms with Crippen molar-refractivity contribution in [1.29, 1.82) is 0 Å². The quantitative estimate of drug-likeness (QED) is 0.911. The van der Waals surface area contributed by atoms with Gasteiger partial charge in [-0.15, -0.1) is 0 Å². The zero-order chi connectivity index (χ0) is 14.5. The summed E-state index contributed by atoms with van der Waals surface area (Å²) in [6.45, 7) is 3.80. The number of rotatable bonds is 5. The predicted molar refractivity (Wildman–Crippen MR) is 80.2 cm³/mol. The zero-order valence-electron chi connectivity index (χ0n) is 11.5. The number of benzene rings is 1. The fourth-order valence-corrected chi connectivity index (χ4v) is 2.19. The highest BCUT2D eigenvalue weighted by atomic mass is 79.9. The molecule has 0 saturated heterocycles. The molecule has 1 aromatic heterocycles. The highest BCUT2D eigenvalue weighted by Crippen LogP contribution is 2.12. The number of halogens is 1. The molecule has 0 fully saturated rings. The van der Waals surface area contributed by atoms with Crippen molar-refractivity contribution in [2.75, 3.05) is 0 Å². The molecule has 1 N–H and O–H groups in total. The third kappa shape index (κ3) is 3.90. The van der Waals surface area contributed by atoms with Gasteiger partial charge in [0.15, 0.2) is 0 Å². The Hall–Kier alpha value is -1.69. The number of carbonyl (C=O) groups is 1. The molecule has 106 valence electrons. The fraction of sp³-hybridized carbons (Fsp3) is 0.357. The van der Waals surface area contributed by atoms with Crippen LogP contribution in [0.15, 0.2) is 41.4 Å². The number of amides is 1. The van der Waals surface area contributed by atoms with Crippen molar-refractivity contribution in [3.05, 3.63) is 47.0 Å². The molecule has 2 aromatic rings. The number of nitrogens with one attached hydrogen (secondary N) is 1. The predicted octanol–water partition coefficient (Wildman–Crippen LogP) is 2.35. The van der Waals surface area contributed by atoms with Crippen molar-refractivity contribution in [1.82, 2.24) is 20.1 Å². The van der Waals surface area contributed by atoms with Gasteiger partial charge in [0.05, 0.1) is 0 Å². The molecule has 6 heteroatoms. The van der Waals surface area contributed by atoms with Gasteiger partial charge in [-0.3, -0.25) is 4.79 Å². The molecular formula is C14H17BrN4O. The lowest BCUT2D eigenvalue weighted by Crippen LogP contribution is -2.38. The van der Waals surface area contributed by atoms with Gasteiger partial charge in [0.1, 0.15) is 18.7 Å². The van der Waals surface area contributed by atoms with E-state index < -0.39 is 0 Å². The topological polar surface area (TPSA) is 59.8 Å². The van der Waals surface area contributed by atoms with Crippen LogP contribution in [0.2, 0.25) is 0 Å². The molecule has 20 heavy (non-hydrogen) atoms. The second-order valence-electron chi connectivity index (χ2n) is 4.79. The summed E-state index contributed by atoms with van der Waals surface area (Å²) in [6, 6.07) is 7.81. The number of nitrogens with zero attached hydrogens (tertiary/aromatic N) is 3. The summed E-state index contributed by atoms with van der Waals surface area (Å²) in [4.78, 5) is 15.9. The van der Waals surface area contributed by atoms with Crippen molar-refractivity contribution < 1.29 is 4.79 Å². The van der Waals surface area contributed by atoms with E-state index >= 15 is 0 Å². The Kier molecular flexibility index (Phi) is 4.89. The minimum absolute atomic E-state index is 0.0555. The zero-order valence-corrected chi connectivity index (χ0v) is 13.0. The van der Waals surface area contributed by atoms with Gasteiger partial charge in [0.2, 0.25) is 5.91 Å². The maximum Gasteiger partial charge on any atom is 0.244 e. The summed E-state index contributed by atoms with van der Waals surface area (Å²) < 4.78 is 2.60. The first kappa shape index (κ1) is 14.7. The van der Waals surface area contributed by atoms with Gasteiger partial charge in [0.25, 0.3) is 0 Å². The second-order valence-corrected chi connectivity index (χ2v) is 5.71. The Labute approximate surface area is 126 Å². The van der Waals surface area contributed by atoms with Gasteiger partial charge in [0, 0.05) is 10.5 Å². The molecule has 0 aliphatic heterocycles. The minimum atomic E-state index is -0.357. The van der Waals surface area contributed by atoms with Gasteiger partial charge < -0.3 is 5.32 Å². The fourth-order valence-electron chi connectivity index (χ4n) is 1.93. The summed E-state index contributed by atoms with van der Waals surface area (Å²) in [5, 5.41) is 6.97. The Morgan fingerprint density at radius 1 is 1.35 bits per heavy atom. The van der Waals surface area contributed by atoms with E-state index in [9.17, 15) is 4.79 Å². The maximum absolute atomic E-state index is 12.1. The van der Waals surface area contributed by atoms with E-state index in [4.69, 9.17) is 0 Å². The van der Waals surface area contributed by atoms with E-state index in [2.05, 4.69) is 31.3 Å². The largest absolute Gasteiger partial charge is 0.351 e. The van der Waals surface area contributed by atoms with E-state index in [0.29, 0.717) is 0 Å². The number of carbonyl (C=O) groups excluding carboxylic acids is 1. The molecule has 5 nitrogen and oxygen atoms in total. The first-order valence-corrected chi connectivity index (χ1v) is 7.24. The lowest BCUT2D eigenvalue weighted by atomic mass is 10.1. The summed E-state index contributed by atoms with van der Waals surface area (Å²) >= 11 is 3.41. The number of aromatic nitrogens is 3. The van der Waals surface area contributed by atoms with Crippen molar-refractivity contribution in [3.8, 4) is 0 Å². The van der Waals surface area contributed by atoms with Crippen LogP contribution in [0.1, 0.15) is 25.5 Å². The standard InChI is InChI=1S/C14H17BrN4O/c1-10(7-12-3-5-13(15)6-4-12)18-14(20)11(2)19-9-16-8-17-19/h3-6,8-11H,7H2,1-2H3,(H,18,20)/t10-,11+/m1/s1. The summed E-state index contributed by atoms with van der Waals surface area (Å²) in [5.41, 5.74) is 1.19. The highest BCUT2D eigenvalue weighted by molar-refractivity contribution is 9.10. The van der Waals surface area contributed by atoms with Crippen LogP contribution in [-0.4, -0.2) is 26.7 Å². The lowest BCUT2D eigenvalue weighted by Gasteiger charge is -2.17. The molecule has 0 saturated carbocycles. The van der Waals surface area contributed by atoms with Gasteiger partial charge in [-0.05, 0) is 38.0 Å². The molecule has 0 aliphatic carbocycles. The smallest absolute Gasteiger partial charge is 0.244 e. The Balaban J connectivity index is 1.89. The van der Waals surface area contributed by atoms with Crippen LogP contribution in [0.25, 0.3) is 0 Å². The number of hydrogen-bond acceptors (Lipinski definition) is 3. The molecule has 0 radical (unpaired) electrons. The maximum atomic E-state index is 12.1. The second kappa shape index (κ2) is 6.65. The average molecular weight is 337 g/mol. The van der Waals surface area contributed by atoms with Crippen molar-refractivity contribution in [2.45, 2.75) is 32.4 Å². The van der Waals surface area contributed by atoms with Crippen LogP contribution in [0.5, 0.6) is 0 Å². The summed E-state index contributed by atoms with van der Waals surface area (Å²) in [5.74, 6) is -0.0555. The number of hydrogen-bond donors (Lipinski definition) is 1. The van der Waals surface area contributed by atoms with E-state index in [1.165, 1.54) is 11.9 Å². The van der Waals surface area contributed by atoms with Crippen LogP contribution in [0, 0.1) is 0 Å². The highest BCUT2D eigenvalue weighted by Gasteiger charge is 2.17. The monoisotopic (exact) mass is 336 g/mol. The van der Waals surface area contributed by atoms with Crippen LogP contribution >= 0.6 is 15.9 Å². The van der Waals surface area contributed by atoms with Crippen LogP contribution in [-0.2, 0) is 11.2 Å². The molecule has 0 aliphatic rings. The van der Waals surface area contributed by atoms with E-state index in [0.717, 1.165) is 10.9 Å². The third-order valence-corrected chi connectivity index (χ3v) is 3.59. The van der Waals surface area contributed by atoms with E-state index in [1.807, 2.05) is 31.2 Å². The first-order valence-electron chi connectivity index (χ1n) is 6.45. The molecule has 1 amide bonds. The van der Waals surface area contributed by atoms with Gasteiger partial charge in [-0.1, -0.05) is 28.1 Å². The van der Waals surface area contributed by atoms with Gasteiger partial charge >= 0.3 is 0 Å². The summed E-state index contributed by atoms with van der Waals surface area (Å²) in [7, 11) is 0. The normalized spacial score (nSPS) is 13.8. The lowest BCUT2D eigenvalue weighted by molar-refractivity contribution is -0.124. The van der Waals surface area contributed by atoms with Crippen LogP contribution < -0.4 is 5.32 Å². The molecule has 0 unspecified atom stereocenters. The molecule has 2 rings (SSSR count). The SMILES string of the molecule is C[C@H](Cc1ccc(Br)cc1)NC(=O)[C@H](C)n1cncn1. The Bertz CT molecular complexity index is 553. The average Bonchev–Trinajstić information content (AvgIpc) is 2.94. The molecule has 2 atom stereocenters. The first-order chi connectivity index (χ1) is 9.56. The van der Waals surface area contributed by atoms with E-state index in [-0.39, 0.29) is 18.0 Å². The van der Waals surface area contributed by atoms with Crippen LogP contribution in [0.3, 0.4) is 0 Å². The molecule has 0 bridgehead atoms. The molecule has 1 aromatic carbocycles. The minimum Gasteiger partial charge on any atom is -0.351 e. The Morgan fingerprint density at radius 3 is 2.65 bits per heavy atom. The Morgan fingerprint density at radius 2 is 2.05 bits per heavy atom. The van der Waals surface area contributed by atoms with E-state index in [1.54, 1.807) is 17.9 Å².